The molecule has 0 spiro atoms. The Kier molecular flexibility index (Phi) is 3.88. The van der Waals surface area contributed by atoms with Crippen LogP contribution in [-0.2, 0) is 9.59 Å². The monoisotopic (exact) mass is 347 g/mol. The minimum absolute atomic E-state index is 0.125. The van der Waals surface area contributed by atoms with Crippen LogP contribution in [0.1, 0.15) is 11.1 Å². The summed E-state index contributed by atoms with van der Waals surface area (Å²) in [5.74, 6) is -2.01. The molecular weight excluding hydrogens is 337 g/mol. The lowest BCUT2D eigenvalue weighted by molar-refractivity contribution is -0.121. The molecule has 23 heavy (non-hydrogen) atoms. The normalized spacial score (nSPS) is 14.8. The van der Waals surface area contributed by atoms with E-state index in [0.717, 1.165) is 10.5 Å². The van der Waals surface area contributed by atoms with Gasteiger partial charge in [-0.25, -0.2) is 4.90 Å². The summed E-state index contributed by atoms with van der Waals surface area (Å²) >= 11 is 11.9. The van der Waals surface area contributed by atoms with Crippen molar-refractivity contribution in [2.24, 2.45) is 0 Å². The van der Waals surface area contributed by atoms with E-state index in [1.165, 1.54) is 18.2 Å². The zero-order valence-electron chi connectivity index (χ0n) is 12.0. The molecule has 1 aliphatic heterocycles. The van der Waals surface area contributed by atoms with Crippen LogP contribution in [0.3, 0.4) is 0 Å². The first-order chi connectivity index (χ1) is 10.9. The summed E-state index contributed by atoms with van der Waals surface area (Å²) in [5.41, 5.74) is 1.31. The number of hydrogen-bond acceptors (Lipinski definition) is 3. The maximum absolute atomic E-state index is 12.7. The van der Waals surface area contributed by atoms with Crippen molar-refractivity contribution in [3.8, 4) is 0 Å². The molecule has 1 aliphatic rings. The SMILES string of the molecule is Cc1ccccc1N1C(=O)C(O)=C(c2ccc(Cl)cc2Cl)C1=O. The average Bonchev–Trinajstić information content (AvgIpc) is 2.71. The van der Waals surface area contributed by atoms with E-state index in [2.05, 4.69) is 0 Å². The molecule has 0 saturated heterocycles. The van der Waals surface area contributed by atoms with E-state index in [1.54, 1.807) is 31.2 Å². The average molecular weight is 348 g/mol. The minimum atomic E-state index is -0.773. The predicted octanol–water partition coefficient (Wildman–Crippen LogP) is 4.14. The van der Waals surface area contributed by atoms with Crippen molar-refractivity contribution >= 4 is 46.3 Å². The number of para-hydroxylation sites is 1. The van der Waals surface area contributed by atoms with E-state index in [9.17, 15) is 14.7 Å². The van der Waals surface area contributed by atoms with Gasteiger partial charge in [-0.2, -0.15) is 0 Å². The molecule has 2 amide bonds. The van der Waals surface area contributed by atoms with Gasteiger partial charge in [0.05, 0.1) is 16.3 Å². The lowest BCUT2D eigenvalue weighted by atomic mass is 10.1. The van der Waals surface area contributed by atoms with Gasteiger partial charge in [0.25, 0.3) is 5.91 Å². The van der Waals surface area contributed by atoms with Gasteiger partial charge < -0.3 is 5.11 Å². The Morgan fingerprint density at radius 3 is 2.35 bits per heavy atom. The van der Waals surface area contributed by atoms with E-state index < -0.39 is 17.6 Å². The fourth-order valence-corrected chi connectivity index (χ4v) is 2.99. The van der Waals surface area contributed by atoms with Crippen LogP contribution in [0.5, 0.6) is 0 Å². The summed E-state index contributed by atoms with van der Waals surface area (Å²) in [7, 11) is 0. The molecule has 1 N–H and O–H groups in total. The molecule has 0 aliphatic carbocycles. The topological polar surface area (TPSA) is 57.6 Å². The Morgan fingerprint density at radius 2 is 1.70 bits per heavy atom. The van der Waals surface area contributed by atoms with Crippen LogP contribution in [0.15, 0.2) is 48.2 Å². The van der Waals surface area contributed by atoms with Crippen molar-refractivity contribution < 1.29 is 14.7 Å². The molecule has 2 aromatic carbocycles. The van der Waals surface area contributed by atoms with Gasteiger partial charge in [0.2, 0.25) is 0 Å². The number of aliphatic hydroxyl groups is 1. The van der Waals surface area contributed by atoms with E-state index in [4.69, 9.17) is 23.2 Å². The van der Waals surface area contributed by atoms with Crippen LogP contribution < -0.4 is 4.90 Å². The fraction of sp³-hybridized carbons (Fsp3) is 0.0588. The van der Waals surface area contributed by atoms with Gasteiger partial charge in [-0.1, -0.05) is 47.5 Å². The third-order valence-corrected chi connectivity index (χ3v) is 4.16. The van der Waals surface area contributed by atoms with Crippen LogP contribution >= 0.6 is 23.2 Å². The van der Waals surface area contributed by atoms with E-state index >= 15 is 0 Å². The second kappa shape index (κ2) is 5.72. The van der Waals surface area contributed by atoms with Gasteiger partial charge in [-0.05, 0) is 30.7 Å². The van der Waals surface area contributed by atoms with Gasteiger partial charge in [-0.3, -0.25) is 9.59 Å². The summed E-state index contributed by atoms with van der Waals surface area (Å²) in [6.07, 6.45) is 0. The van der Waals surface area contributed by atoms with Crippen molar-refractivity contribution in [2.45, 2.75) is 6.92 Å². The number of imide groups is 1. The van der Waals surface area contributed by atoms with Crippen LogP contribution in [-0.4, -0.2) is 16.9 Å². The molecule has 2 aromatic rings. The Labute approximate surface area is 142 Å². The highest BCUT2D eigenvalue weighted by atomic mass is 35.5. The van der Waals surface area contributed by atoms with Crippen molar-refractivity contribution in [1.82, 2.24) is 0 Å². The standard InChI is InChI=1S/C17H11Cl2NO3/c1-9-4-2-3-5-13(9)20-16(22)14(15(21)17(20)23)11-7-6-10(18)8-12(11)19/h2-8,21H,1H3. The third kappa shape index (κ3) is 2.50. The maximum Gasteiger partial charge on any atom is 0.301 e. The van der Waals surface area contributed by atoms with Gasteiger partial charge in [0.1, 0.15) is 0 Å². The van der Waals surface area contributed by atoms with Gasteiger partial charge >= 0.3 is 5.91 Å². The van der Waals surface area contributed by atoms with Crippen LogP contribution in [0.4, 0.5) is 5.69 Å². The number of anilines is 1. The summed E-state index contributed by atoms with van der Waals surface area (Å²) < 4.78 is 0. The van der Waals surface area contributed by atoms with Gasteiger partial charge in [0.15, 0.2) is 5.76 Å². The number of amides is 2. The molecule has 0 radical (unpaired) electrons. The highest BCUT2D eigenvalue weighted by Crippen LogP contribution is 2.36. The van der Waals surface area contributed by atoms with Crippen molar-refractivity contribution in [3.05, 3.63) is 69.4 Å². The molecule has 3 rings (SSSR count). The number of aryl methyl sites for hydroxylation is 1. The zero-order valence-corrected chi connectivity index (χ0v) is 13.5. The quantitative estimate of drug-likeness (QED) is 0.830. The number of rotatable bonds is 2. The molecule has 0 unspecified atom stereocenters. The molecular formula is C17H11Cl2NO3. The molecule has 0 saturated carbocycles. The Hall–Kier alpha value is -2.30. The number of carbonyl (C=O) groups is 2. The van der Waals surface area contributed by atoms with Crippen molar-refractivity contribution in [3.63, 3.8) is 0 Å². The van der Waals surface area contributed by atoms with Crippen LogP contribution in [0.2, 0.25) is 10.0 Å². The predicted molar refractivity (Wildman–Crippen MR) is 89.7 cm³/mol. The zero-order chi connectivity index (χ0) is 16.7. The van der Waals surface area contributed by atoms with E-state index in [1.807, 2.05) is 0 Å². The molecule has 0 aromatic heterocycles. The fourth-order valence-electron chi connectivity index (χ4n) is 2.49. The van der Waals surface area contributed by atoms with Crippen LogP contribution in [0.25, 0.3) is 5.57 Å². The third-order valence-electron chi connectivity index (χ3n) is 3.62. The minimum Gasteiger partial charge on any atom is -0.502 e. The summed E-state index contributed by atoms with van der Waals surface area (Å²) in [6.45, 7) is 1.78. The van der Waals surface area contributed by atoms with Crippen molar-refractivity contribution in [1.29, 1.82) is 0 Å². The number of benzene rings is 2. The molecule has 116 valence electrons. The van der Waals surface area contributed by atoms with Crippen LogP contribution in [0, 0.1) is 6.92 Å². The molecule has 0 fully saturated rings. The lowest BCUT2D eigenvalue weighted by Gasteiger charge is -2.17. The largest absolute Gasteiger partial charge is 0.502 e. The number of aliphatic hydroxyl groups excluding tert-OH is 1. The van der Waals surface area contributed by atoms with E-state index in [-0.39, 0.29) is 16.2 Å². The molecule has 0 atom stereocenters. The first-order valence-electron chi connectivity index (χ1n) is 6.75. The number of carbonyl (C=O) groups excluding carboxylic acids is 2. The van der Waals surface area contributed by atoms with Crippen molar-refractivity contribution in [2.75, 3.05) is 4.90 Å². The van der Waals surface area contributed by atoms with E-state index in [0.29, 0.717) is 10.7 Å². The number of halogens is 2. The molecule has 0 bridgehead atoms. The Bertz CT molecular complexity index is 874. The molecule has 1 heterocycles. The molecule has 4 nitrogen and oxygen atoms in total. The lowest BCUT2D eigenvalue weighted by Crippen LogP contribution is -2.32. The molecule has 6 heteroatoms. The van der Waals surface area contributed by atoms with Gasteiger partial charge in [0, 0.05) is 10.6 Å². The summed E-state index contributed by atoms with van der Waals surface area (Å²) in [5, 5.41) is 10.8. The number of hydrogen-bond donors (Lipinski definition) is 1. The second-order valence-corrected chi connectivity index (χ2v) is 5.92. The smallest absolute Gasteiger partial charge is 0.301 e. The number of nitrogens with zero attached hydrogens (tertiary/aromatic N) is 1. The highest BCUT2D eigenvalue weighted by Gasteiger charge is 2.41. The highest BCUT2D eigenvalue weighted by molar-refractivity contribution is 6.47. The first-order valence-corrected chi connectivity index (χ1v) is 7.50. The second-order valence-electron chi connectivity index (χ2n) is 5.08. The Morgan fingerprint density at radius 1 is 1.00 bits per heavy atom. The Balaban J connectivity index is 2.12. The van der Waals surface area contributed by atoms with Gasteiger partial charge in [-0.15, -0.1) is 0 Å². The maximum atomic E-state index is 12.7. The summed E-state index contributed by atoms with van der Waals surface area (Å²) in [6, 6.07) is 11.4. The first kappa shape index (κ1) is 15.6. The summed E-state index contributed by atoms with van der Waals surface area (Å²) in [4.78, 5) is 26.0.